The first-order valence-corrected chi connectivity index (χ1v) is 24.0. The van der Waals surface area contributed by atoms with E-state index in [2.05, 4.69) is 74.6 Å². The lowest BCUT2D eigenvalue weighted by Crippen LogP contribution is -2.60. The summed E-state index contributed by atoms with van der Waals surface area (Å²) in [4.78, 5) is 25.4. The summed E-state index contributed by atoms with van der Waals surface area (Å²) in [7, 11) is -4.61. The summed E-state index contributed by atoms with van der Waals surface area (Å²) >= 11 is 0. The lowest BCUT2D eigenvalue weighted by atomic mass is 10.00. The molecule has 2 unspecified atom stereocenters. The van der Waals surface area contributed by atoms with Crippen LogP contribution >= 0.6 is 0 Å². The molecular weight excluding hydrogens is 777 g/mol. The van der Waals surface area contributed by atoms with Gasteiger partial charge in [0.2, 0.25) is 0 Å². The Hall–Kier alpha value is -2.65. The number of carbonyl (C=O) groups is 2. The van der Waals surface area contributed by atoms with Gasteiger partial charge in [-0.25, -0.2) is 0 Å². The Labute approximate surface area is 355 Å². The number of aliphatic hydroxyl groups excluding tert-OH is 3. The molecule has 1 aliphatic rings. The van der Waals surface area contributed by atoms with Crippen molar-refractivity contribution >= 4 is 22.1 Å². The monoisotopic (exact) mass is 855 g/mol. The van der Waals surface area contributed by atoms with Crippen molar-refractivity contribution in [2.75, 3.05) is 19.0 Å². The molecule has 6 atom stereocenters. The van der Waals surface area contributed by atoms with Crippen molar-refractivity contribution < 1.29 is 56.8 Å². The Kier molecular flexibility index (Phi) is 33.2. The van der Waals surface area contributed by atoms with Crippen molar-refractivity contribution in [3.05, 3.63) is 60.8 Å². The van der Waals surface area contributed by atoms with Crippen molar-refractivity contribution in [1.29, 1.82) is 0 Å². The Bertz CT molecular complexity index is 1320. The largest absolute Gasteiger partial charge is 0.462 e. The molecule has 1 aliphatic heterocycles. The van der Waals surface area contributed by atoms with E-state index in [1.807, 2.05) is 0 Å². The zero-order chi connectivity index (χ0) is 43.4. The van der Waals surface area contributed by atoms with Crippen LogP contribution in [0, 0.1) is 0 Å². The zero-order valence-electron chi connectivity index (χ0n) is 36.1. The van der Waals surface area contributed by atoms with Crippen molar-refractivity contribution in [3.8, 4) is 0 Å². The Balaban J connectivity index is 2.49. The molecule has 0 saturated carbocycles. The highest BCUT2D eigenvalue weighted by atomic mass is 32.2. The van der Waals surface area contributed by atoms with Gasteiger partial charge in [0.25, 0.3) is 10.1 Å². The summed E-state index contributed by atoms with van der Waals surface area (Å²) < 4.78 is 54.0. The molecule has 1 heterocycles. The normalized spacial score (nSPS) is 20.8. The third-order valence-corrected chi connectivity index (χ3v) is 10.6. The predicted octanol–water partition coefficient (Wildman–Crippen LogP) is 8.95. The van der Waals surface area contributed by atoms with Crippen LogP contribution in [0.3, 0.4) is 0 Å². The van der Waals surface area contributed by atoms with E-state index in [0.717, 1.165) is 89.9 Å². The molecule has 0 aromatic heterocycles. The maximum atomic E-state index is 12.8. The van der Waals surface area contributed by atoms with Crippen LogP contribution in [0.4, 0.5) is 0 Å². The molecule has 0 amide bonds. The van der Waals surface area contributed by atoms with Crippen LogP contribution in [0.15, 0.2) is 60.8 Å². The van der Waals surface area contributed by atoms with Gasteiger partial charge in [0.15, 0.2) is 12.4 Å². The van der Waals surface area contributed by atoms with Crippen molar-refractivity contribution in [2.24, 2.45) is 0 Å². The van der Waals surface area contributed by atoms with E-state index in [0.29, 0.717) is 12.8 Å². The molecule has 0 radical (unpaired) electrons. The second-order valence-electron chi connectivity index (χ2n) is 15.4. The average Bonchev–Trinajstić information content (AvgIpc) is 3.20. The molecule has 59 heavy (non-hydrogen) atoms. The number of rotatable bonds is 36. The zero-order valence-corrected chi connectivity index (χ0v) is 36.9. The second-order valence-corrected chi connectivity index (χ2v) is 16.9. The lowest BCUT2D eigenvalue weighted by Gasteiger charge is -2.40. The molecular formula is C46H78O12S. The van der Waals surface area contributed by atoms with E-state index in [9.17, 15) is 37.9 Å². The molecule has 1 saturated heterocycles. The van der Waals surface area contributed by atoms with Crippen LogP contribution in [0.5, 0.6) is 0 Å². The molecule has 0 aliphatic carbocycles. The van der Waals surface area contributed by atoms with E-state index in [4.69, 9.17) is 18.9 Å². The Morgan fingerprint density at radius 2 is 1.03 bits per heavy atom. The molecule has 13 heteroatoms. The smallest absolute Gasteiger partial charge is 0.306 e. The quantitative estimate of drug-likeness (QED) is 0.0203. The molecule has 340 valence electrons. The van der Waals surface area contributed by atoms with Gasteiger partial charge in [-0.3, -0.25) is 14.1 Å². The fourth-order valence-corrected chi connectivity index (χ4v) is 6.98. The lowest BCUT2D eigenvalue weighted by molar-refractivity contribution is -0.297. The number of esters is 2. The number of allylic oxidation sites excluding steroid dienone is 10. The first kappa shape index (κ1) is 54.4. The summed E-state index contributed by atoms with van der Waals surface area (Å²) in [5.74, 6) is -2.04. The Morgan fingerprint density at radius 3 is 1.56 bits per heavy atom. The van der Waals surface area contributed by atoms with Gasteiger partial charge in [-0.1, -0.05) is 132 Å². The SMILES string of the molecule is CCCC/C=C/C/C=C/CCCCCCCC(=O)OC[C@H](CO[C@H]1O[C@H](CS(=O)(=O)O)[C@@H](O)C(O)C1O)OC(=O)CCCCCC/C=C/C/C=C/C/C=C/CCCCC. The molecule has 12 nitrogen and oxygen atoms in total. The predicted molar refractivity (Wildman–Crippen MR) is 233 cm³/mol. The molecule has 4 N–H and O–H groups in total. The standard InChI is InChI=1S/C46H78O12S/c1-3-5-7-9-11-13-15-17-19-20-21-23-25-27-29-31-33-35-42(48)57-39(37-56-46-45(51)44(50)43(49)40(58-46)38-59(52,53)54)36-55-41(47)34-32-30-28-26-24-22-18-16-14-12-10-8-6-4-2/h10-13,16-19,21,23,39-40,43-46,49-51H,3-9,14-15,20,22,24-38H2,1-2H3,(H,52,53,54)/b12-10+,13-11+,18-16+,19-17+,23-21+/t39-,40-,43-,44?,45?,46+/m1/s1. The van der Waals surface area contributed by atoms with E-state index < -0.39 is 71.2 Å². The fourth-order valence-electron chi connectivity index (χ4n) is 6.29. The third-order valence-electron chi connectivity index (χ3n) is 9.82. The van der Waals surface area contributed by atoms with E-state index in [1.165, 1.54) is 32.1 Å². The summed E-state index contributed by atoms with van der Waals surface area (Å²) in [6, 6.07) is 0. The summed E-state index contributed by atoms with van der Waals surface area (Å²) in [5.41, 5.74) is 0. The number of carbonyl (C=O) groups excluding carboxylic acids is 2. The highest BCUT2D eigenvalue weighted by Crippen LogP contribution is 2.24. The minimum atomic E-state index is -4.61. The van der Waals surface area contributed by atoms with Gasteiger partial charge in [-0.2, -0.15) is 8.42 Å². The topological polar surface area (TPSA) is 186 Å². The minimum Gasteiger partial charge on any atom is -0.462 e. The fraction of sp³-hybridized carbons (Fsp3) is 0.739. The second kappa shape index (κ2) is 36.0. The number of hydrogen-bond acceptors (Lipinski definition) is 11. The molecule has 1 rings (SSSR count). The summed E-state index contributed by atoms with van der Waals surface area (Å²) in [5, 5.41) is 30.9. The van der Waals surface area contributed by atoms with Crippen LogP contribution in [0.25, 0.3) is 0 Å². The van der Waals surface area contributed by atoms with Gasteiger partial charge in [-0.15, -0.1) is 0 Å². The van der Waals surface area contributed by atoms with E-state index in [-0.39, 0.29) is 19.4 Å². The first-order chi connectivity index (χ1) is 28.5. The first-order valence-electron chi connectivity index (χ1n) is 22.3. The van der Waals surface area contributed by atoms with Gasteiger partial charge in [0.1, 0.15) is 36.8 Å². The number of ether oxygens (including phenoxy) is 4. The summed E-state index contributed by atoms with van der Waals surface area (Å²) in [6.07, 6.45) is 34.0. The maximum Gasteiger partial charge on any atom is 0.306 e. The Morgan fingerprint density at radius 1 is 0.576 bits per heavy atom. The van der Waals surface area contributed by atoms with Crippen LogP contribution < -0.4 is 0 Å². The summed E-state index contributed by atoms with van der Waals surface area (Å²) in [6.45, 7) is 3.65. The molecule has 1 fully saturated rings. The van der Waals surface area contributed by atoms with E-state index in [1.54, 1.807) is 0 Å². The minimum absolute atomic E-state index is 0.133. The number of aliphatic hydroxyl groups is 3. The average molecular weight is 855 g/mol. The molecule has 0 aromatic carbocycles. The van der Waals surface area contributed by atoms with Gasteiger partial charge >= 0.3 is 11.9 Å². The van der Waals surface area contributed by atoms with Crippen molar-refractivity contribution in [3.63, 3.8) is 0 Å². The third kappa shape index (κ3) is 30.9. The highest BCUT2D eigenvalue weighted by Gasteiger charge is 2.46. The molecule has 0 aromatic rings. The molecule has 0 spiro atoms. The van der Waals surface area contributed by atoms with Gasteiger partial charge in [0, 0.05) is 12.8 Å². The van der Waals surface area contributed by atoms with Gasteiger partial charge in [-0.05, 0) is 77.0 Å². The van der Waals surface area contributed by atoms with Gasteiger partial charge < -0.3 is 34.3 Å². The van der Waals surface area contributed by atoms with E-state index >= 15 is 0 Å². The molecule has 0 bridgehead atoms. The van der Waals surface area contributed by atoms with Crippen LogP contribution in [-0.4, -0.2) is 96.0 Å². The van der Waals surface area contributed by atoms with Crippen molar-refractivity contribution in [2.45, 2.75) is 198 Å². The maximum absolute atomic E-state index is 12.8. The van der Waals surface area contributed by atoms with Crippen LogP contribution in [0.1, 0.15) is 162 Å². The number of unbranched alkanes of at least 4 members (excludes halogenated alkanes) is 14. The van der Waals surface area contributed by atoms with Gasteiger partial charge in [0.05, 0.1) is 6.61 Å². The number of hydrogen-bond donors (Lipinski definition) is 4. The van der Waals surface area contributed by atoms with Crippen LogP contribution in [-0.2, 0) is 38.7 Å². The van der Waals surface area contributed by atoms with Crippen molar-refractivity contribution in [1.82, 2.24) is 0 Å². The highest BCUT2D eigenvalue weighted by molar-refractivity contribution is 7.85. The van der Waals surface area contributed by atoms with Crippen LogP contribution in [0.2, 0.25) is 0 Å².